The topological polar surface area (TPSA) is 46.2 Å². The average Bonchev–Trinajstić information content (AvgIpc) is 2.63. The molecular weight excluding hydrogens is 186 g/mol. The molecule has 0 atom stereocenters. The first-order chi connectivity index (χ1) is 7.18. The van der Waals surface area contributed by atoms with Crippen LogP contribution in [0.5, 0.6) is 0 Å². The lowest BCUT2D eigenvalue weighted by atomic mass is 10.0. The van der Waals surface area contributed by atoms with E-state index in [-0.39, 0.29) is 0 Å². The molecule has 78 valence electrons. The van der Waals surface area contributed by atoms with Crippen LogP contribution in [0.1, 0.15) is 31.2 Å². The molecule has 0 aromatic heterocycles. The lowest BCUT2D eigenvalue weighted by Crippen LogP contribution is -2.20. The molecule has 1 fully saturated rings. The summed E-state index contributed by atoms with van der Waals surface area (Å²) in [6.45, 7) is 0. The van der Waals surface area contributed by atoms with Gasteiger partial charge >= 0.3 is 0 Å². The van der Waals surface area contributed by atoms with Gasteiger partial charge in [-0.05, 0) is 43.9 Å². The fraction of sp³-hybridized carbons (Fsp3) is 0.385. The maximum atomic E-state index is 10.0. The van der Waals surface area contributed by atoms with Crippen molar-refractivity contribution in [2.75, 3.05) is 5.73 Å². The molecule has 0 bridgehead atoms. The van der Waals surface area contributed by atoms with E-state index in [1.165, 1.54) is 0 Å². The Morgan fingerprint density at radius 3 is 2.67 bits per heavy atom. The largest absolute Gasteiger partial charge is 0.399 e. The summed E-state index contributed by atoms with van der Waals surface area (Å²) in [5, 5.41) is 10.0. The third kappa shape index (κ3) is 2.51. The Morgan fingerprint density at radius 1 is 1.27 bits per heavy atom. The van der Waals surface area contributed by atoms with Crippen LogP contribution in [0, 0.1) is 11.8 Å². The second-order valence-corrected chi connectivity index (χ2v) is 4.11. The summed E-state index contributed by atoms with van der Waals surface area (Å²) in [4.78, 5) is 0. The van der Waals surface area contributed by atoms with Gasteiger partial charge in [-0.15, -0.1) is 0 Å². The summed E-state index contributed by atoms with van der Waals surface area (Å²) in [7, 11) is 0. The van der Waals surface area contributed by atoms with Crippen molar-refractivity contribution in [3.63, 3.8) is 0 Å². The Labute approximate surface area is 90.1 Å². The van der Waals surface area contributed by atoms with Gasteiger partial charge in [0.05, 0.1) is 0 Å². The Bertz CT molecular complexity index is 408. The second-order valence-electron chi connectivity index (χ2n) is 4.11. The number of nitrogen functional groups attached to an aromatic ring is 1. The van der Waals surface area contributed by atoms with Gasteiger partial charge in [0.1, 0.15) is 5.60 Å². The second kappa shape index (κ2) is 3.96. The van der Waals surface area contributed by atoms with E-state index in [9.17, 15) is 5.11 Å². The van der Waals surface area contributed by atoms with Crippen LogP contribution >= 0.6 is 0 Å². The summed E-state index contributed by atoms with van der Waals surface area (Å²) < 4.78 is 0. The van der Waals surface area contributed by atoms with E-state index in [1.54, 1.807) is 0 Å². The highest BCUT2D eigenvalue weighted by molar-refractivity contribution is 5.47. The summed E-state index contributed by atoms with van der Waals surface area (Å²) >= 11 is 0. The highest BCUT2D eigenvalue weighted by atomic mass is 16.3. The van der Waals surface area contributed by atoms with E-state index in [0.29, 0.717) is 5.69 Å². The van der Waals surface area contributed by atoms with Crippen molar-refractivity contribution >= 4 is 5.69 Å². The van der Waals surface area contributed by atoms with Gasteiger partial charge in [-0.25, -0.2) is 0 Å². The Balaban J connectivity index is 2.17. The molecule has 0 amide bonds. The predicted molar refractivity (Wildman–Crippen MR) is 61.2 cm³/mol. The zero-order chi connectivity index (χ0) is 10.7. The Morgan fingerprint density at radius 2 is 2.00 bits per heavy atom. The zero-order valence-corrected chi connectivity index (χ0v) is 8.66. The van der Waals surface area contributed by atoms with Gasteiger partial charge in [0.15, 0.2) is 0 Å². The first-order valence-corrected chi connectivity index (χ1v) is 5.29. The quantitative estimate of drug-likeness (QED) is 0.497. The van der Waals surface area contributed by atoms with Gasteiger partial charge < -0.3 is 10.8 Å². The number of hydrogen-bond donors (Lipinski definition) is 2. The number of anilines is 1. The van der Waals surface area contributed by atoms with Crippen LogP contribution in [0.25, 0.3) is 0 Å². The van der Waals surface area contributed by atoms with Gasteiger partial charge in [-0.3, -0.25) is 0 Å². The molecule has 2 rings (SSSR count). The minimum Gasteiger partial charge on any atom is -0.399 e. The number of hydrogen-bond acceptors (Lipinski definition) is 2. The van der Waals surface area contributed by atoms with Crippen molar-refractivity contribution in [2.45, 2.75) is 31.3 Å². The van der Waals surface area contributed by atoms with Gasteiger partial charge in [0, 0.05) is 11.3 Å². The molecule has 1 aliphatic rings. The molecule has 15 heavy (non-hydrogen) atoms. The summed E-state index contributed by atoms with van der Waals surface area (Å²) in [6, 6.07) is 7.43. The predicted octanol–water partition coefficient (Wildman–Crippen LogP) is 1.93. The first kappa shape index (κ1) is 10.1. The fourth-order valence-electron chi connectivity index (χ4n) is 1.89. The number of benzene rings is 1. The van der Waals surface area contributed by atoms with Crippen LogP contribution in [0.3, 0.4) is 0 Å². The lowest BCUT2D eigenvalue weighted by molar-refractivity contribution is 0.110. The van der Waals surface area contributed by atoms with Crippen molar-refractivity contribution in [3.8, 4) is 11.8 Å². The fourth-order valence-corrected chi connectivity index (χ4v) is 1.89. The molecule has 0 spiro atoms. The number of rotatable bonds is 0. The van der Waals surface area contributed by atoms with E-state index in [2.05, 4.69) is 11.8 Å². The molecule has 0 saturated heterocycles. The van der Waals surface area contributed by atoms with Crippen molar-refractivity contribution in [1.82, 2.24) is 0 Å². The standard InChI is InChI=1S/C13H15NO/c14-12-5-3-4-11(10-12)6-9-13(15)7-1-2-8-13/h3-5,10,15H,1-2,7-8,14H2. The van der Waals surface area contributed by atoms with Crippen LogP contribution in [0.2, 0.25) is 0 Å². The van der Waals surface area contributed by atoms with Crippen molar-refractivity contribution < 1.29 is 5.11 Å². The molecule has 2 nitrogen and oxygen atoms in total. The molecule has 3 N–H and O–H groups in total. The third-order valence-electron chi connectivity index (χ3n) is 2.76. The van der Waals surface area contributed by atoms with Gasteiger partial charge in [-0.1, -0.05) is 17.9 Å². The van der Waals surface area contributed by atoms with Crippen LogP contribution in [0.4, 0.5) is 5.69 Å². The number of aliphatic hydroxyl groups is 1. The third-order valence-corrected chi connectivity index (χ3v) is 2.76. The van der Waals surface area contributed by atoms with Crippen molar-refractivity contribution in [3.05, 3.63) is 29.8 Å². The van der Waals surface area contributed by atoms with Crippen LogP contribution < -0.4 is 5.73 Å². The van der Waals surface area contributed by atoms with Crippen molar-refractivity contribution in [2.24, 2.45) is 0 Å². The molecule has 0 heterocycles. The van der Waals surface area contributed by atoms with E-state index in [0.717, 1.165) is 31.2 Å². The molecule has 2 heteroatoms. The smallest absolute Gasteiger partial charge is 0.125 e. The SMILES string of the molecule is Nc1cccc(C#CC2(O)CCCC2)c1. The minimum absolute atomic E-state index is 0.709. The average molecular weight is 201 g/mol. The molecular formula is C13H15NO. The van der Waals surface area contributed by atoms with Gasteiger partial charge in [-0.2, -0.15) is 0 Å². The summed E-state index contributed by atoms with van der Waals surface area (Å²) in [6.07, 6.45) is 3.73. The molecule has 1 aromatic rings. The molecule has 1 saturated carbocycles. The highest BCUT2D eigenvalue weighted by Crippen LogP contribution is 2.28. The molecule has 0 radical (unpaired) electrons. The normalized spacial score (nSPS) is 18.2. The van der Waals surface area contributed by atoms with Crippen LogP contribution in [0.15, 0.2) is 24.3 Å². The zero-order valence-electron chi connectivity index (χ0n) is 8.66. The Kier molecular flexibility index (Phi) is 2.66. The molecule has 1 aliphatic carbocycles. The van der Waals surface area contributed by atoms with Crippen LogP contribution in [-0.2, 0) is 0 Å². The molecule has 0 aliphatic heterocycles. The monoisotopic (exact) mass is 201 g/mol. The van der Waals surface area contributed by atoms with Crippen LogP contribution in [-0.4, -0.2) is 10.7 Å². The maximum Gasteiger partial charge on any atom is 0.125 e. The van der Waals surface area contributed by atoms with Crippen molar-refractivity contribution in [1.29, 1.82) is 0 Å². The lowest BCUT2D eigenvalue weighted by Gasteiger charge is -2.12. The highest BCUT2D eigenvalue weighted by Gasteiger charge is 2.28. The van der Waals surface area contributed by atoms with Gasteiger partial charge in [0.25, 0.3) is 0 Å². The number of nitrogens with two attached hydrogens (primary N) is 1. The van der Waals surface area contributed by atoms with E-state index < -0.39 is 5.60 Å². The van der Waals surface area contributed by atoms with E-state index >= 15 is 0 Å². The van der Waals surface area contributed by atoms with Gasteiger partial charge in [0.2, 0.25) is 0 Å². The molecule has 0 unspecified atom stereocenters. The Hall–Kier alpha value is -1.46. The van der Waals surface area contributed by atoms with E-state index in [4.69, 9.17) is 5.73 Å². The maximum absolute atomic E-state index is 10.0. The summed E-state index contributed by atoms with van der Waals surface area (Å²) in [5.41, 5.74) is 6.46. The summed E-state index contributed by atoms with van der Waals surface area (Å²) in [5.74, 6) is 5.94. The van der Waals surface area contributed by atoms with E-state index in [1.807, 2.05) is 24.3 Å². The first-order valence-electron chi connectivity index (χ1n) is 5.29. The minimum atomic E-state index is -0.759. The molecule has 1 aromatic carbocycles.